The number of carbonyl (C=O) groups excluding carboxylic acids is 6. The summed E-state index contributed by atoms with van der Waals surface area (Å²) in [4.78, 5) is 88.4. The smallest absolute Gasteiger partial charge is 0.489 e. The number of urea groups is 1. The quantitative estimate of drug-likeness (QED) is 0.111. The number of nitrogens with zero attached hydrogens (tertiary/aromatic N) is 3. The molecule has 2 saturated heterocycles. The molecular formula is C44H54BFN6O11S. The highest BCUT2D eigenvalue weighted by atomic mass is 32.1. The maximum atomic E-state index is 15.2. The van der Waals surface area contributed by atoms with Gasteiger partial charge in [-0.05, 0) is 73.1 Å². The number of imide groups is 1. The predicted octanol–water partition coefficient (Wildman–Crippen LogP) is 5.51. The van der Waals surface area contributed by atoms with Crippen molar-refractivity contribution in [2.45, 2.75) is 91.1 Å². The zero-order valence-electron chi connectivity index (χ0n) is 37.2. The molecule has 0 radical (unpaired) electrons. The number of methoxy groups -OCH3 is 1. The Labute approximate surface area is 375 Å². The number of aromatic nitrogens is 1. The summed E-state index contributed by atoms with van der Waals surface area (Å²) in [6, 6.07) is 9.69. The topological polar surface area (TPSA) is 204 Å². The summed E-state index contributed by atoms with van der Waals surface area (Å²) < 4.78 is 45.0. The third-order valence-corrected chi connectivity index (χ3v) is 14.3. The van der Waals surface area contributed by atoms with Gasteiger partial charge in [0.25, 0.3) is 0 Å². The second-order valence-electron chi connectivity index (χ2n) is 18.4. The molecule has 64 heavy (non-hydrogen) atoms. The first-order valence-corrected chi connectivity index (χ1v) is 22.1. The summed E-state index contributed by atoms with van der Waals surface area (Å²) in [6.45, 7) is 13.1. The number of ether oxygens (including phenoxy) is 3. The number of nitrogens with one attached hydrogen (secondary N) is 3. The predicted molar refractivity (Wildman–Crippen MR) is 231 cm³/mol. The summed E-state index contributed by atoms with van der Waals surface area (Å²) in [6.07, 6.45) is 0.384. The molecule has 3 aliphatic carbocycles. The number of esters is 1. The van der Waals surface area contributed by atoms with Crippen molar-refractivity contribution < 1.29 is 56.7 Å². The molecule has 2 aromatic carbocycles. The molecule has 5 fully saturated rings. The molecule has 17 nitrogen and oxygen atoms in total. The molecular weight excluding hydrogens is 850 g/mol. The van der Waals surface area contributed by atoms with Crippen LogP contribution in [0.25, 0.3) is 0 Å². The monoisotopic (exact) mass is 904 g/mol. The number of thiazole rings is 1. The normalized spacial score (nSPS) is 23.8. The standard InChI is InChI=1S/C44H54BFN6O11S/c1-9-51-17-18-52(36(55)35(51)54)39(57)48-33(29-23-64-38(47-29)49-40(58)60-22-25-13-11-10-12-14-25)34(53)50-44(41(2,3)4,24-61-37(56)28-21-27(46)15-16-30(28)59-8)45-62-32-20-26-19-31(42(26,5)6)43(32,7)63-45/h10-16,21,23,26,31-33H,9,17-20,22,24H2,1-8H3,(H,48,57)(H,50,53)(H,47,49,58)/t26?,31?,32?,33?,43-,44-/m0/s1. The zero-order chi connectivity index (χ0) is 46.4. The van der Waals surface area contributed by atoms with E-state index in [2.05, 4.69) is 34.8 Å². The van der Waals surface area contributed by atoms with Crippen molar-refractivity contribution in [1.29, 1.82) is 0 Å². The second-order valence-corrected chi connectivity index (χ2v) is 19.3. The summed E-state index contributed by atoms with van der Waals surface area (Å²) in [5.74, 6) is -4.01. The Balaban J connectivity index is 1.23. The van der Waals surface area contributed by atoms with Gasteiger partial charge >= 0.3 is 37.0 Å². The molecule has 3 aromatic rings. The Kier molecular flexibility index (Phi) is 12.9. The largest absolute Gasteiger partial charge is 0.496 e. The van der Waals surface area contributed by atoms with Gasteiger partial charge in [0.05, 0.1) is 24.5 Å². The number of piperazine rings is 1. The number of likely N-dealkylation sites (N-methyl/N-ethyl adjacent to an activating group) is 1. The van der Waals surface area contributed by atoms with E-state index in [1.807, 2.05) is 13.0 Å². The van der Waals surface area contributed by atoms with Gasteiger partial charge < -0.3 is 39.1 Å². The number of benzene rings is 2. The first kappa shape index (κ1) is 46.4. The fraction of sp³-hybridized carbons (Fsp3) is 0.523. The van der Waals surface area contributed by atoms with Crippen molar-refractivity contribution >= 4 is 59.4 Å². The molecule has 5 aliphatic rings. The van der Waals surface area contributed by atoms with Crippen LogP contribution in [0.1, 0.15) is 89.0 Å². The molecule has 6 atom stereocenters. The molecule has 0 spiro atoms. The fourth-order valence-electron chi connectivity index (χ4n) is 9.36. The van der Waals surface area contributed by atoms with Gasteiger partial charge in [-0.3, -0.25) is 24.6 Å². The first-order chi connectivity index (χ1) is 30.2. The van der Waals surface area contributed by atoms with Gasteiger partial charge in [-0.2, -0.15) is 0 Å². The number of carbonyl (C=O) groups is 6. The molecule has 2 aliphatic heterocycles. The van der Waals surface area contributed by atoms with E-state index < -0.39 is 77.9 Å². The average Bonchev–Trinajstić information content (AvgIpc) is 3.87. The number of amides is 6. The summed E-state index contributed by atoms with van der Waals surface area (Å²) in [5, 5.41) is 9.65. The zero-order valence-corrected chi connectivity index (χ0v) is 38.0. The van der Waals surface area contributed by atoms with Crippen LogP contribution in [0.15, 0.2) is 53.9 Å². The lowest BCUT2D eigenvalue weighted by molar-refractivity contribution is -0.199. The molecule has 3 saturated carbocycles. The van der Waals surface area contributed by atoms with Crippen LogP contribution in [-0.2, 0) is 39.8 Å². The molecule has 4 unspecified atom stereocenters. The van der Waals surface area contributed by atoms with Crippen LogP contribution >= 0.6 is 11.3 Å². The minimum Gasteiger partial charge on any atom is -0.496 e. The lowest BCUT2D eigenvalue weighted by atomic mass is 9.43. The van der Waals surface area contributed by atoms with Gasteiger partial charge in [-0.15, -0.1) is 11.3 Å². The molecule has 1 aromatic heterocycles. The number of rotatable bonds is 13. The van der Waals surface area contributed by atoms with E-state index in [4.69, 9.17) is 23.5 Å². The minimum absolute atomic E-state index is 0.0176. The number of anilines is 1. The SMILES string of the molecule is CCN1CCN(C(=O)NC(C(=O)N[C@](COC(=O)c2cc(F)ccc2OC)(B2OC3CC4CC(C4(C)C)[C@]3(C)O2)C(C)(C)C)c2csc(NC(=O)OCc3ccccc3)n2)C(=O)C1=O. The highest BCUT2D eigenvalue weighted by Gasteiger charge is 2.72. The number of hydrogen-bond donors (Lipinski definition) is 3. The van der Waals surface area contributed by atoms with Crippen molar-refractivity contribution in [3.8, 4) is 5.75 Å². The van der Waals surface area contributed by atoms with E-state index in [0.717, 1.165) is 40.4 Å². The molecule has 3 N–H and O–H groups in total. The Morgan fingerprint density at radius 1 is 1.03 bits per heavy atom. The second kappa shape index (κ2) is 17.8. The van der Waals surface area contributed by atoms with Gasteiger partial charge in [0.2, 0.25) is 5.91 Å². The van der Waals surface area contributed by atoms with Crippen molar-refractivity contribution in [2.75, 3.05) is 38.7 Å². The van der Waals surface area contributed by atoms with Crippen LogP contribution in [0.4, 0.5) is 19.1 Å². The van der Waals surface area contributed by atoms with Crippen LogP contribution in [0.2, 0.25) is 0 Å². The third kappa shape index (κ3) is 8.66. The molecule has 2 bridgehead atoms. The first-order valence-electron chi connectivity index (χ1n) is 21.2. The Morgan fingerprint density at radius 2 is 1.77 bits per heavy atom. The maximum Gasteiger partial charge on any atom is 0.489 e. The van der Waals surface area contributed by atoms with Gasteiger partial charge in [-0.25, -0.2) is 23.8 Å². The number of halogens is 1. The highest BCUT2D eigenvalue weighted by Crippen LogP contribution is 2.66. The van der Waals surface area contributed by atoms with E-state index in [0.29, 0.717) is 12.3 Å². The Bertz CT molecular complexity index is 2310. The summed E-state index contributed by atoms with van der Waals surface area (Å²) in [5.41, 5.74) is -3.17. The van der Waals surface area contributed by atoms with E-state index in [1.54, 1.807) is 52.0 Å². The van der Waals surface area contributed by atoms with E-state index in [9.17, 15) is 28.4 Å². The Morgan fingerprint density at radius 3 is 2.44 bits per heavy atom. The van der Waals surface area contributed by atoms with Crippen molar-refractivity contribution in [1.82, 2.24) is 25.4 Å². The van der Waals surface area contributed by atoms with Gasteiger partial charge in [0, 0.05) is 25.0 Å². The molecule has 6 amide bonds. The minimum atomic E-state index is -1.74. The highest BCUT2D eigenvalue weighted by molar-refractivity contribution is 7.13. The molecule has 3 heterocycles. The van der Waals surface area contributed by atoms with Crippen LogP contribution in [-0.4, -0.2) is 108 Å². The van der Waals surface area contributed by atoms with E-state index in [-0.39, 0.29) is 65.8 Å². The van der Waals surface area contributed by atoms with Crippen LogP contribution < -0.4 is 20.7 Å². The van der Waals surface area contributed by atoms with Crippen molar-refractivity contribution in [2.24, 2.45) is 22.7 Å². The lowest BCUT2D eigenvalue weighted by Crippen LogP contribution is -2.71. The maximum absolute atomic E-state index is 15.2. The average molecular weight is 905 g/mol. The third-order valence-electron chi connectivity index (χ3n) is 13.6. The van der Waals surface area contributed by atoms with Crippen LogP contribution in [0.3, 0.4) is 0 Å². The van der Waals surface area contributed by atoms with Gasteiger partial charge in [0.15, 0.2) is 11.2 Å². The van der Waals surface area contributed by atoms with Gasteiger partial charge in [0.1, 0.15) is 35.8 Å². The fourth-order valence-corrected chi connectivity index (χ4v) is 10.1. The van der Waals surface area contributed by atoms with E-state index in [1.165, 1.54) is 23.5 Å². The van der Waals surface area contributed by atoms with Gasteiger partial charge in [-0.1, -0.05) is 65.0 Å². The van der Waals surface area contributed by atoms with Crippen LogP contribution in [0.5, 0.6) is 5.75 Å². The molecule has 8 rings (SSSR count). The number of hydrogen-bond acceptors (Lipinski definition) is 13. The molecule has 20 heteroatoms. The lowest BCUT2D eigenvalue weighted by Gasteiger charge is -2.64. The summed E-state index contributed by atoms with van der Waals surface area (Å²) in [7, 11) is 0.0849. The Hall–Kier alpha value is -5.60. The van der Waals surface area contributed by atoms with Crippen molar-refractivity contribution in [3.05, 3.63) is 76.5 Å². The molecule has 342 valence electrons. The van der Waals surface area contributed by atoms with Crippen molar-refractivity contribution in [3.63, 3.8) is 0 Å². The van der Waals surface area contributed by atoms with E-state index >= 15 is 4.79 Å². The van der Waals surface area contributed by atoms with Crippen LogP contribution in [0, 0.1) is 28.5 Å². The summed E-state index contributed by atoms with van der Waals surface area (Å²) >= 11 is 0.938.